The molecule has 0 fully saturated rings. The highest BCUT2D eigenvalue weighted by Gasteiger charge is 2.19. The molecule has 28 heavy (non-hydrogen) atoms. The van der Waals surface area contributed by atoms with Gasteiger partial charge in [0.1, 0.15) is 0 Å². The lowest BCUT2D eigenvalue weighted by molar-refractivity contribution is -0.153. The van der Waals surface area contributed by atoms with Gasteiger partial charge < -0.3 is 19.1 Å². The molecule has 0 N–H and O–H groups in total. The summed E-state index contributed by atoms with van der Waals surface area (Å²) in [5, 5.41) is 0. The van der Waals surface area contributed by atoms with Gasteiger partial charge in [0.15, 0.2) is 24.7 Å². The topological polar surface area (TPSA) is 65.1 Å². The summed E-state index contributed by atoms with van der Waals surface area (Å²) in [6, 6.07) is 17.1. The van der Waals surface area contributed by atoms with Crippen LogP contribution in [0.15, 0.2) is 60.7 Å². The predicted octanol–water partition coefficient (Wildman–Crippen LogP) is 2.93. The van der Waals surface area contributed by atoms with Crippen LogP contribution in [0.4, 0.5) is 0 Å². The first-order chi connectivity index (χ1) is 13.7. The summed E-state index contributed by atoms with van der Waals surface area (Å²) in [5.41, 5.74) is 2.40. The molecule has 0 saturated carbocycles. The number of esters is 1. The number of hydrogen-bond acceptors (Lipinski definition) is 5. The minimum Gasteiger partial charge on any atom is -0.493 e. The normalized spacial score (nSPS) is 13.5. The highest BCUT2D eigenvalue weighted by molar-refractivity contribution is 5.82. The summed E-state index contributed by atoms with van der Waals surface area (Å²) < 4.78 is 15.6. The number of ether oxygens (including phenoxy) is 3. The van der Waals surface area contributed by atoms with Crippen LogP contribution in [0.3, 0.4) is 0 Å². The Morgan fingerprint density at radius 1 is 0.964 bits per heavy atom. The zero-order valence-electron chi connectivity index (χ0n) is 15.8. The van der Waals surface area contributed by atoms with Crippen molar-refractivity contribution in [1.82, 2.24) is 4.90 Å². The molecular formula is C22H23NO5. The third kappa shape index (κ3) is 5.13. The van der Waals surface area contributed by atoms with Gasteiger partial charge in [-0.1, -0.05) is 48.5 Å². The second kappa shape index (κ2) is 9.60. The van der Waals surface area contributed by atoms with Gasteiger partial charge in [0.2, 0.25) is 0 Å². The van der Waals surface area contributed by atoms with E-state index in [-0.39, 0.29) is 19.1 Å². The fraction of sp³-hybridized carbons (Fsp3) is 0.273. The third-order valence-corrected chi connectivity index (χ3v) is 4.48. The number of amides is 1. The van der Waals surface area contributed by atoms with E-state index in [4.69, 9.17) is 14.2 Å². The monoisotopic (exact) mass is 381 g/mol. The Hall–Kier alpha value is -3.28. The van der Waals surface area contributed by atoms with Crippen LogP contribution in [-0.2, 0) is 14.3 Å². The molecule has 0 saturated heterocycles. The van der Waals surface area contributed by atoms with Crippen molar-refractivity contribution in [1.29, 1.82) is 0 Å². The Labute approximate surface area is 164 Å². The van der Waals surface area contributed by atoms with Crippen molar-refractivity contribution in [2.75, 3.05) is 33.4 Å². The maximum Gasteiger partial charge on any atom is 0.344 e. The minimum atomic E-state index is -0.600. The van der Waals surface area contributed by atoms with Gasteiger partial charge in [0.25, 0.3) is 5.91 Å². The van der Waals surface area contributed by atoms with E-state index in [1.807, 2.05) is 24.3 Å². The van der Waals surface area contributed by atoms with Crippen molar-refractivity contribution < 1.29 is 23.8 Å². The van der Waals surface area contributed by atoms with Gasteiger partial charge in [-0.15, -0.1) is 0 Å². The number of carbonyl (C=O) groups excluding carboxylic acids is 2. The number of carbonyl (C=O) groups is 2. The zero-order chi connectivity index (χ0) is 19.8. The maximum atomic E-state index is 12.3. The molecule has 0 spiro atoms. The molecule has 6 heteroatoms. The van der Waals surface area contributed by atoms with E-state index in [0.29, 0.717) is 24.6 Å². The molecule has 1 aliphatic rings. The molecule has 1 aliphatic heterocycles. The number of nitrogens with zero attached hydrogens (tertiary/aromatic N) is 1. The molecule has 1 heterocycles. The van der Waals surface area contributed by atoms with Crippen LogP contribution in [0, 0.1) is 0 Å². The lowest BCUT2D eigenvalue weighted by atomic mass is 10.00. The van der Waals surface area contributed by atoms with Gasteiger partial charge in [-0.05, 0) is 29.7 Å². The standard InChI is InChI=1S/C22H23NO5/c1-26-19-9-5-6-10-20(19)27-16-22(25)28-15-21(24)23-13-11-18(12-14-23)17-7-3-2-4-8-17/h2-11H,12-16H2,1H3. The van der Waals surface area contributed by atoms with Crippen LogP contribution in [0.5, 0.6) is 11.5 Å². The Bertz CT molecular complexity index is 847. The van der Waals surface area contributed by atoms with E-state index >= 15 is 0 Å². The van der Waals surface area contributed by atoms with Crippen LogP contribution in [0.25, 0.3) is 5.57 Å². The summed E-state index contributed by atoms with van der Waals surface area (Å²) in [5.74, 6) is 0.161. The number of para-hydroxylation sites is 2. The number of rotatable bonds is 7. The summed E-state index contributed by atoms with van der Waals surface area (Å²) in [6.07, 6.45) is 2.82. The van der Waals surface area contributed by atoms with Gasteiger partial charge in [-0.3, -0.25) is 4.79 Å². The van der Waals surface area contributed by atoms with Crippen molar-refractivity contribution >= 4 is 17.4 Å². The quantitative estimate of drug-likeness (QED) is 0.690. The second-order valence-corrected chi connectivity index (χ2v) is 6.29. The van der Waals surface area contributed by atoms with Crippen molar-refractivity contribution in [3.8, 4) is 11.5 Å². The Kier molecular flexibility index (Phi) is 6.68. The van der Waals surface area contributed by atoms with Gasteiger partial charge in [0, 0.05) is 13.1 Å². The van der Waals surface area contributed by atoms with Gasteiger partial charge in [0.05, 0.1) is 7.11 Å². The van der Waals surface area contributed by atoms with Gasteiger partial charge in [-0.25, -0.2) is 4.79 Å². The van der Waals surface area contributed by atoms with Crippen molar-refractivity contribution in [2.45, 2.75) is 6.42 Å². The molecule has 2 aromatic rings. The summed E-state index contributed by atoms with van der Waals surface area (Å²) in [7, 11) is 1.52. The first kappa shape index (κ1) is 19.5. The van der Waals surface area contributed by atoms with Crippen LogP contribution in [0.2, 0.25) is 0 Å². The van der Waals surface area contributed by atoms with Crippen LogP contribution in [0.1, 0.15) is 12.0 Å². The summed E-state index contributed by atoms with van der Waals surface area (Å²) in [4.78, 5) is 25.8. The molecule has 0 radical (unpaired) electrons. The average molecular weight is 381 g/mol. The molecule has 0 unspecified atom stereocenters. The molecule has 6 nitrogen and oxygen atoms in total. The first-order valence-electron chi connectivity index (χ1n) is 9.11. The van der Waals surface area contributed by atoms with E-state index in [9.17, 15) is 9.59 Å². The SMILES string of the molecule is COc1ccccc1OCC(=O)OCC(=O)N1CC=C(c2ccccc2)CC1. The van der Waals surface area contributed by atoms with Gasteiger partial charge in [-0.2, -0.15) is 0 Å². The molecule has 0 aliphatic carbocycles. The van der Waals surface area contributed by atoms with Crippen LogP contribution >= 0.6 is 0 Å². The van der Waals surface area contributed by atoms with Crippen molar-refractivity contribution in [3.63, 3.8) is 0 Å². The summed E-state index contributed by atoms with van der Waals surface area (Å²) >= 11 is 0. The molecule has 2 aromatic carbocycles. The lowest BCUT2D eigenvalue weighted by Crippen LogP contribution is -2.38. The number of benzene rings is 2. The Morgan fingerprint density at radius 3 is 2.36 bits per heavy atom. The van der Waals surface area contributed by atoms with Crippen molar-refractivity contribution in [2.24, 2.45) is 0 Å². The Balaban J connectivity index is 1.43. The molecule has 0 aromatic heterocycles. The first-order valence-corrected chi connectivity index (χ1v) is 9.11. The minimum absolute atomic E-state index is 0.214. The number of hydrogen-bond donors (Lipinski definition) is 0. The third-order valence-electron chi connectivity index (χ3n) is 4.48. The molecule has 1 amide bonds. The molecular weight excluding hydrogens is 358 g/mol. The molecule has 146 valence electrons. The lowest BCUT2D eigenvalue weighted by Gasteiger charge is -2.26. The Morgan fingerprint density at radius 2 is 1.68 bits per heavy atom. The average Bonchev–Trinajstić information content (AvgIpc) is 2.77. The largest absolute Gasteiger partial charge is 0.493 e. The predicted molar refractivity (Wildman–Crippen MR) is 105 cm³/mol. The van der Waals surface area contributed by atoms with E-state index in [2.05, 4.69) is 12.1 Å². The van der Waals surface area contributed by atoms with E-state index in [0.717, 1.165) is 6.42 Å². The zero-order valence-corrected chi connectivity index (χ0v) is 15.8. The fourth-order valence-corrected chi connectivity index (χ4v) is 2.96. The van der Waals surface area contributed by atoms with Crippen molar-refractivity contribution in [3.05, 3.63) is 66.2 Å². The van der Waals surface area contributed by atoms with E-state index in [1.165, 1.54) is 18.2 Å². The van der Waals surface area contributed by atoms with Gasteiger partial charge >= 0.3 is 5.97 Å². The van der Waals surface area contributed by atoms with Crippen LogP contribution in [-0.4, -0.2) is 50.2 Å². The smallest absolute Gasteiger partial charge is 0.344 e. The molecule has 0 bridgehead atoms. The molecule has 3 rings (SSSR count). The fourth-order valence-electron chi connectivity index (χ4n) is 2.96. The number of methoxy groups -OCH3 is 1. The highest BCUT2D eigenvalue weighted by Crippen LogP contribution is 2.25. The highest BCUT2D eigenvalue weighted by atomic mass is 16.6. The summed E-state index contributed by atoms with van der Waals surface area (Å²) in [6.45, 7) is 0.543. The van der Waals surface area contributed by atoms with Crippen LogP contribution < -0.4 is 9.47 Å². The second-order valence-electron chi connectivity index (χ2n) is 6.29. The maximum absolute atomic E-state index is 12.3. The molecule has 0 atom stereocenters. The van der Waals surface area contributed by atoms with E-state index in [1.54, 1.807) is 29.2 Å². The van der Waals surface area contributed by atoms with E-state index < -0.39 is 5.97 Å².